The average Bonchev–Trinajstić information content (AvgIpc) is 2.96. The minimum Gasteiger partial charge on any atom is -0.206 e. The van der Waals surface area contributed by atoms with E-state index in [2.05, 4.69) is 19.9 Å². The van der Waals surface area contributed by atoms with Crippen LogP contribution in [0.1, 0.15) is 102 Å². The van der Waals surface area contributed by atoms with Crippen LogP contribution in [0.5, 0.6) is 0 Å². The van der Waals surface area contributed by atoms with Gasteiger partial charge in [0, 0.05) is 11.1 Å². The maximum Gasteiger partial charge on any atom is 0.166 e. The van der Waals surface area contributed by atoms with E-state index in [4.69, 9.17) is 0 Å². The molecule has 0 amide bonds. The highest BCUT2D eigenvalue weighted by Gasteiger charge is 2.18. The van der Waals surface area contributed by atoms with Crippen molar-refractivity contribution in [2.45, 2.75) is 97.3 Å². The van der Waals surface area contributed by atoms with Gasteiger partial charge in [-0.1, -0.05) is 120 Å². The number of halogens is 3. The zero-order valence-corrected chi connectivity index (χ0v) is 23.7. The van der Waals surface area contributed by atoms with Crippen molar-refractivity contribution in [2.24, 2.45) is 5.92 Å². The lowest BCUT2D eigenvalue weighted by molar-refractivity contribution is 0.423. The smallest absolute Gasteiger partial charge is 0.166 e. The number of allylic oxidation sites excluding steroid dienone is 2. The fourth-order valence-electron chi connectivity index (χ4n) is 5.80. The van der Waals surface area contributed by atoms with E-state index in [1.807, 2.05) is 24.3 Å². The molecule has 0 bridgehead atoms. The minimum absolute atomic E-state index is 0.201. The van der Waals surface area contributed by atoms with Crippen molar-refractivity contribution in [1.29, 1.82) is 0 Å². The van der Waals surface area contributed by atoms with E-state index in [0.29, 0.717) is 23.1 Å². The Morgan fingerprint density at radius 3 is 2.03 bits per heavy atom. The SMILES string of the molecule is CCCCCCCC1CC=C(c2ccc(-c3ccc(-c4ccc(CCCCC)c(F)c4F)cc3)cc2F)CC1. The third kappa shape index (κ3) is 7.65. The molecule has 1 aliphatic carbocycles. The van der Waals surface area contributed by atoms with Crippen LogP contribution >= 0.6 is 0 Å². The standard InChI is InChI=1S/C36H43F3/c1-3-5-7-8-10-11-26-13-15-28(16-14-26)32-23-22-31(25-34(32)37)27-17-19-29(20-18-27)33-24-21-30(12-9-6-4-2)35(38)36(33)39/h15,17-26H,3-14,16H2,1-2H3. The molecule has 0 aromatic heterocycles. The number of hydrogen-bond donors (Lipinski definition) is 0. The number of aryl methyl sites for hydroxylation is 1. The Morgan fingerprint density at radius 2 is 1.33 bits per heavy atom. The summed E-state index contributed by atoms with van der Waals surface area (Å²) in [7, 11) is 0. The first-order valence-corrected chi connectivity index (χ1v) is 15.1. The molecule has 1 unspecified atom stereocenters. The Bertz CT molecular complexity index is 1240. The molecule has 0 aliphatic heterocycles. The molecule has 0 saturated carbocycles. The maximum absolute atomic E-state index is 15.2. The Kier molecular flexibility index (Phi) is 10.9. The quantitative estimate of drug-likeness (QED) is 0.192. The maximum atomic E-state index is 15.2. The third-order valence-electron chi connectivity index (χ3n) is 8.29. The van der Waals surface area contributed by atoms with Crippen LogP contribution in [0.3, 0.4) is 0 Å². The van der Waals surface area contributed by atoms with Crippen molar-refractivity contribution in [3.05, 3.63) is 89.3 Å². The van der Waals surface area contributed by atoms with E-state index >= 15 is 4.39 Å². The second-order valence-corrected chi connectivity index (χ2v) is 11.2. The summed E-state index contributed by atoms with van der Waals surface area (Å²) in [5.41, 5.74) is 4.75. The molecule has 0 nitrogen and oxygen atoms in total. The van der Waals surface area contributed by atoms with Gasteiger partial charge in [-0.2, -0.15) is 0 Å². The van der Waals surface area contributed by atoms with Gasteiger partial charge in [-0.3, -0.25) is 0 Å². The highest BCUT2D eigenvalue weighted by molar-refractivity contribution is 5.74. The Balaban J connectivity index is 1.40. The van der Waals surface area contributed by atoms with Gasteiger partial charge in [-0.25, -0.2) is 13.2 Å². The summed E-state index contributed by atoms with van der Waals surface area (Å²) in [6, 6.07) is 16.1. The average molecular weight is 533 g/mol. The lowest BCUT2D eigenvalue weighted by atomic mass is 9.83. The Hall–Kier alpha value is -2.81. The van der Waals surface area contributed by atoms with Crippen LogP contribution in [0.2, 0.25) is 0 Å². The van der Waals surface area contributed by atoms with Gasteiger partial charge in [0.2, 0.25) is 0 Å². The van der Waals surface area contributed by atoms with Crippen molar-refractivity contribution >= 4 is 5.57 Å². The monoisotopic (exact) mass is 532 g/mol. The predicted octanol–water partition coefficient (Wildman–Crippen LogP) is 11.7. The lowest BCUT2D eigenvalue weighted by Gasteiger charge is -2.22. The van der Waals surface area contributed by atoms with Crippen LogP contribution in [0.15, 0.2) is 60.7 Å². The van der Waals surface area contributed by atoms with Crippen LogP contribution in [0, 0.1) is 23.4 Å². The molecule has 208 valence electrons. The molecule has 3 heteroatoms. The molecular formula is C36H43F3. The highest BCUT2D eigenvalue weighted by atomic mass is 19.2. The number of hydrogen-bond acceptors (Lipinski definition) is 0. The molecule has 0 fully saturated rings. The van der Waals surface area contributed by atoms with E-state index < -0.39 is 11.6 Å². The molecule has 39 heavy (non-hydrogen) atoms. The van der Waals surface area contributed by atoms with Crippen LogP contribution in [-0.4, -0.2) is 0 Å². The van der Waals surface area contributed by atoms with Gasteiger partial charge in [0.05, 0.1) is 0 Å². The molecule has 0 spiro atoms. The second-order valence-electron chi connectivity index (χ2n) is 11.2. The van der Waals surface area contributed by atoms with Crippen LogP contribution in [0.4, 0.5) is 13.2 Å². The molecule has 0 saturated heterocycles. The van der Waals surface area contributed by atoms with E-state index in [9.17, 15) is 8.78 Å². The van der Waals surface area contributed by atoms with Crippen molar-refractivity contribution in [1.82, 2.24) is 0 Å². The molecule has 3 aromatic rings. The molecule has 3 aromatic carbocycles. The van der Waals surface area contributed by atoms with Crippen molar-refractivity contribution in [3.63, 3.8) is 0 Å². The first-order valence-electron chi connectivity index (χ1n) is 15.1. The van der Waals surface area contributed by atoms with Gasteiger partial charge < -0.3 is 0 Å². The Labute approximate surface area is 233 Å². The summed E-state index contributed by atoms with van der Waals surface area (Å²) in [5.74, 6) is -1.02. The van der Waals surface area contributed by atoms with Gasteiger partial charge in [0.15, 0.2) is 11.6 Å². The van der Waals surface area contributed by atoms with E-state index in [1.165, 1.54) is 38.5 Å². The molecule has 0 N–H and O–H groups in total. The Morgan fingerprint density at radius 1 is 0.667 bits per heavy atom. The minimum atomic E-state index is -0.799. The van der Waals surface area contributed by atoms with Crippen LogP contribution < -0.4 is 0 Å². The van der Waals surface area contributed by atoms with Crippen LogP contribution in [0.25, 0.3) is 27.8 Å². The molecular weight excluding hydrogens is 489 g/mol. The highest BCUT2D eigenvalue weighted by Crippen LogP contribution is 2.36. The molecule has 1 aliphatic rings. The zero-order chi connectivity index (χ0) is 27.6. The summed E-state index contributed by atoms with van der Waals surface area (Å²) in [4.78, 5) is 0. The van der Waals surface area contributed by atoms with Crippen molar-refractivity contribution in [2.75, 3.05) is 0 Å². The topological polar surface area (TPSA) is 0 Å². The normalized spacial score (nSPS) is 15.4. The van der Waals surface area contributed by atoms with E-state index in [-0.39, 0.29) is 11.4 Å². The lowest BCUT2D eigenvalue weighted by Crippen LogP contribution is -2.06. The fourth-order valence-corrected chi connectivity index (χ4v) is 5.80. The van der Waals surface area contributed by atoms with Gasteiger partial charge in [-0.05, 0) is 71.9 Å². The van der Waals surface area contributed by atoms with Crippen LogP contribution in [-0.2, 0) is 6.42 Å². The summed E-state index contributed by atoms with van der Waals surface area (Å²) < 4.78 is 44.7. The third-order valence-corrected chi connectivity index (χ3v) is 8.29. The molecule has 0 heterocycles. The summed E-state index contributed by atoms with van der Waals surface area (Å²) >= 11 is 0. The predicted molar refractivity (Wildman–Crippen MR) is 159 cm³/mol. The van der Waals surface area contributed by atoms with E-state index in [1.54, 1.807) is 30.3 Å². The van der Waals surface area contributed by atoms with Gasteiger partial charge in [0.1, 0.15) is 5.82 Å². The first kappa shape index (κ1) is 29.2. The van der Waals surface area contributed by atoms with Gasteiger partial charge in [-0.15, -0.1) is 0 Å². The van der Waals surface area contributed by atoms with Gasteiger partial charge in [0.25, 0.3) is 0 Å². The largest absolute Gasteiger partial charge is 0.206 e. The van der Waals surface area contributed by atoms with E-state index in [0.717, 1.165) is 61.1 Å². The summed E-state index contributed by atoms with van der Waals surface area (Å²) in [6.45, 7) is 4.34. The first-order chi connectivity index (χ1) is 19.0. The van der Waals surface area contributed by atoms with Crippen molar-refractivity contribution < 1.29 is 13.2 Å². The number of unbranched alkanes of at least 4 members (excludes halogenated alkanes) is 6. The number of benzene rings is 3. The fraction of sp³-hybridized carbons (Fsp3) is 0.444. The van der Waals surface area contributed by atoms with Gasteiger partial charge >= 0.3 is 0 Å². The summed E-state index contributed by atoms with van der Waals surface area (Å²) in [5, 5.41) is 0. The molecule has 1 atom stereocenters. The molecule has 0 radical (unpaired) electrons. The summed E-state index contributed by atoms with van der Waals surface area (Å²) in [6.07, 6.45) is 16.7. The van der Waals surface area contributed by atoms with Crippen molar-refractivity contribution in [3.8, 4) is 22.3 Å². The molecule has 4 rings (SSSR count). The second kappa shape index (κ2) is 14.5. The number of rotatable bonds is 13. The zero-order valence-electron chi connectivity index (χ0n) is 23.7.